The number of nitrogens with zero attached hydrogens (tertiary/aromatic N) is 3. The molecule has 0 spiro atoms. The number of nitrogens with two attached hydrogens (primary N) is 1. The smallest absolute Gasteiger partial charge is 0.336 e. The van der Waals surface area contributed by atoms with E-state index in [0.717, 1.165) is 6.07 Å². The molecular formula is C39H40FN5O13. The predicted octanol–water partition coefficient (Wildman–Crippen LogP) is 3.72. The summed E-state index contributed by atoms with van der Waals surface area (Å²) < 4.78 is 34.6. The second kappa shape index (κ2) is 18.7. The Kier molecular flexibility index (Phi) is 14.0. The van der Waals surface area contributed by atoms with E-state index in [1.807, 2.05) is 0 Å². The molecule has 1 amide bonds. The van der Waals surface area contributed by atoms with Crippen LogP contribution in [0.3, 0.4) is 0 Å². The van der Waals surface area contributed by atoms with E-state index in [1.165, 1.54) is 23.7 Å². The fourth-order valence-electron chi connectivity index (χ4n) is 5.55. The number of carbonyl (C=O) groups is 5. The first-order valence-electron chi connectivity index (χ1n) is 17.3. The molecule has 19 heteroatoms. The number of rotatable bonds is 15. The number of aliphatic carboxylic acids is 3. The molecule has 2 atom stereocenters. The zero-order valence-corrected chi connectivity index (χ0v) is 31.5. The van der Waals surface area contributed by atoms with Crippen molar-refractivity contribution < 1.29 is 63.0 Å². The fourth-order valence-corrected chi connectivity index (χ4v) is 5.55. The van der Waals surface area contributed by atoms with Gasteiger partial charge in [0.2, 0.25) is 0 Å². The molecule has 2 aromatic heterocycles. The maximum atomic E-state index is 15.2. The summed E-state index contributed by atoms with van der Waals surface area (Å²) in [4.78, 5) is 74.0. The highest BCUT2D eigenvalue weighted by Crippen LogP contribution is 2.33. The van der Waals surface area contributed by atoms with Gasteiger partial charge in [-0.1, -0.05) is 18.2 Å². The van der Waals surface area contributed by atoms with Crippen LogP contribution in [-0.4, -0.2) is 89.4 Å². The number of benzene rings is 3. The number of amides is 1. The third-order valence-electron chi connectivity index (χ3n) is 8.35. The van der Waals surface area contributed by atoms with E-state index in [1.54, 1.807) is 86.4 Å². The van der Waals surface area contributed by atoms with Crippen LogP contribution in [0.25, 0.3) is 16.6 Å². The van der Waals surface area contributed by atoms with Crippen LogP contribution in [0.2, 0.25) is 0 Å². The van der Waals surface area contributed by atoms with Gasteiger partial charge >= 0.3 is 23.9 Å². The molecule has 0 bridgehead atoms. The molecule has 5 rings (SSSR count). The Bertz CT molecular complexity index is 2380. The van der Waals surface area contributed by atoms with Gasteiger partial charge in [-0.15, -0.1) is 0 Å². The molecule has 0 aliphatic rings. The lowest BCUT2D eigenvalue weighted by Gasteiger charge is -2.19. The Labute approximate surface area is 328 Å². The highest BCUT2D eigenvalue weighted by molar-refractivity contribution is 6.05. The van der Waals surface area contributed by atoms with Gasteiger partial charge < -0.3 is 45.7 Å². The lowest BCUT2D eigenvalue weighted by atomic mass is 9.96. The van der Waals surface area contributed by atoms with Crippen molar-refractivity contribution >= 4 is 46.4 Å². The number of ether oxygens (including phenoxy) is 3. The molecule has 306 valence electrons. The normalized spacial score (nSPS) is 12.1. The first-order chi connectivity index (χ1) is 27.3. The molecule has 3 aromatic carbocycles. The van der Waals surface area contributed by atoms with Crippen LogP contribution >= 0.6 is 0 Å². The lowest BCUT2D eigenvalue weighted by Crippen LogP contribution is -2.42. The highest BCUT2D eigenvalue weighted by Gasteiger charge is 2.40. The number of aliphatic hydroxyl groups is 1. The number of halogens is 1. The summed E-state index contributed by atoms with van der Waals surface area (Å²) in [5, 5.41) is 37.1. The first kappa shape index (κ1) is 43.6. The van der Waals surface area contributed by atoms with E-state index in [-0.39, 0.29) is 23.5 Å². The number of anilines is 1. The molecule has 18 nitrogen and oxygen atoms in total. The van der Waals surface area contributed by atoms with Crippen molar-refractivity contribution in [1.29, 1.82) is 0 Å². The number of nitrogens with one attached hydrogen (secondary N) is 1. The monoisotopic (exact) mass is 805 g/mol. The number of aromatic nitrogens is 3. The van der Waals surface area contributed by atoms with Crippen molar-refractivity contribution in [3.63, 3.8) is 0 Å². The second-order valence-corrected chi connectivity index (χ2v) is 12.9. The topological polar surface area (TPSA) is 272 Å². The second-order valence-electron chi connectivity index (χ2n) is 12.9. The minimum atomic E-state index is -2.74. The summed E-state index contributed by atoms with van der Waals surface area (Å²) in [6.45, 7) is 4.86. The Morgan fingerprint density at radius 1 is 0.931 bits per heavy atom. The molecule has 2 heterocycles. The number of hydrogen-bond acceptors (Lipinski definition) is 12. The number of carboxylic acids is 3. The van der Waals surface area contributed by atoms with E-state index in [9.17, 15) is 28.8 Å². The Morgan fingerprint density at radius 2 is 1.59 bits per heavy atom. The molecule has 58 heavy (non-hydrogen) atoms. The fraction of sp³-hybridized carbons (Fsp3) is 0.256. The van der Waals surface area contributed by atoms with Crippen LogP contribution in [0.15, 0.2) is 83.8 Å². The SMILES string of the molecule is COc1ccc2c(Oc3ccc(NC(=O)c4c(C)n(C[C@@H](C)OC(=O)[C@H](C)N)n(-c5ccccc5)c4=O)cc3F)ccnc2c1.O=C(O)CC(O)(CC(=O)O)C(=O)O. The largest absolute Gasteiger partial charge is 0.497 e. The summed E-state index contributed by atoms with van der Waals surface area (Å²) in [7, 11) is 1.55. The van der Waals surface area contributed by atoms with Crippen LogP contribution in [0.4, 0.5) is 10.1 Å². The molecule has 7 N–H and O–H groups in total. The van der Waals surface area contributed by atoms with Gasteiger partial charge in [-0.25, -0.2) is 13.9 Å². The molecule has 0 fully saturated rings. The van der Waals surface area contributed by atoms with Crippen LogP contribution in [0.1, 0.15) is 42.7 Å². The van der Waals surface area contributed by atoms with E-state index in [0.29, 0.717) is 33.8 Å². The summed E-state index contributed by atoms with van der Waals surface area (Å²) in [6.07, 6.45) is -1.41. The summed E-state index contributed by atoms with van der Waals surface area (Å²) in [5.74, 6) is -6.13. The lowest BCUT2D eigenvalue weighted by molar-refractivity contribution is -0.170. The number of para-hydroxylation sites is 1. The average Bonchev–Trinajstić information content (AvgIpc) is 3.40. The van der Waals surface area contributed by atoms with E-state index in [2.05, 4.69) is 10.3 Å². The van der Waals surface area contributed by atoms with Crippen molar-refractivity contribution in [3.05, 3.63) is 106 Å². The van der Waals surface area contributed by atoms with Gasteiger partial charge in [0.05, 0.1) is 43.4 Å². The third-order valence-corrected chi connectivity index (χ3v) is 8.35. The van der Waals surface area contributed by atoms with Crippen molar-refractivity contribution in [2.24, 2.45) is 5.73 Å². The van der Waals surface area contributed by atoms with Crippen molar-refractivity contribution in [2.75, 3.05) is 12.4 Å². The van der Waals surface area contributed by atoms with E-state index < -0.39 is 71.7 Å². The van der Waals surface area contributed by atoms with Crippen LogP contribution in [0.5, 0.6) is 17.2 Å². The van der Waals surface area contributed by atoms with Gasteiger partial charge in [-0.2, -0.15) is 0 Å². The van der Waals surface area contributed by atoms with Crippen LogP contribution in [-0.2, 0) is 30.5 Å². The van der Waals surface area contributed by atoms with E-state index >= 15 is 4.39 Å². The number of carboxylic acid groups (broad SMARTS) is 3. The van der Waals surface area contributed by atoms with Gasteiger partial charge in [0.15, 0.2) is 17.2 Å². The number of methoxy groups -OCH3 is 1. The first-order valence-corrected chi connectivity index (χ1v) is 17.3. The average molecular weight is 806 g/mol. The van der Waals surface area contributed by atoms with E-state index in [4.69, 9.17) is 40.4 Å². The van der Waals surface area contributed by atoms with Crippen molar-refractivity contribution in [3.8, 4) is 22.9 Å². The Balaban J connectivity index is 0.000000492. The predicted molar refractivity (Wildman–Crippen MR) is 204 cm³/mol. The molecule has 0 saturated heterocycles. The standard InChI is InChI=1S/C33H32FN5O6.C6H8O7/c1-19(44-33(42)20(2)35)18-38-21(3)30(32(41)39(38)23-8-6-5-7-9-23)31(40)37-22-10-13-29(26(34)16-22)45-28-14-15-36-27-17-24(43-4)11-12-25(27)28;7-3(8)1-6(13,5(11)12)2-4(9)10/h5-17,19-20H,18,35H2,1-4H3,(H,37,40);13H,1-2H2,(H,7,8)(H,9,10)(H,11,12)/t19-,20+;/m1./s1. The Hall–Kier alpha value is -7.12. The molecular weight excluding hydrogens is 765 g/mol. The number of esters is 1. The van der Waals surface area contributed by atoms with Crippen LogP contribution < -0.4 is 26.1 Å². The number of fused-ring (bicyclic) bond motifs is 1. The molecule has 0 unspecified atom stereocenters. The molecule has 0 saturated carbocycles. The van der Waals surface area contributed by atoms with Gasteiger partial charge in [-0.05, 0) is 63.2 Å². The van der Waals surface area contributed by atoms with Crippen LogP contribution in [0, 0.1) is 12.7 Å². The maximum absolute atomic E-state index is 15.2. The molecule has 0 aliphatic carbocycles. The quantitative estimate of drug-likeness (QED) is 0.0823. The maximum Gasteiger partial charge on any atom is 0.336 e. The summed E-state index contributed by atoms with van der Waals surface area (Å²) >= 11 is 0. The summed E-state index contributed by atoms with van der Waals surface area (Å²) in [6, 6.07) is 18.8. The number of pyridine rings is 1. The zero-order chi connectivity index (χ0) is 42.9. The molecule has 0 aliphatic heterocycles. The van der Waals surface area contributed by atoms with Gasteiger partial charge in [0.25, 0.3) is 11.5 Å². The highest BCUT2D eigenvalue weighted by atomic mass is 19.1. The minimum Gasteiger partial charge on any atom is -0.497 e. The zero-order valence-electron chi connectivity index (χ0n) is 31.5. The van der Waals surface area contributed by atoms with Crippen molar-refractivity contribution in [1.82, 2.24) is 14.3 Å². The Morgan fingerprint density at radius 3 is 2.16 bits per heavy atom. The number of hydrogen-bond donors (Lipinski definition) is 6. The molecule has 0 radical (unpaired) electrons. The molecule has 5 aromatic rings. The number of carbonyl (C=O) groups excluding carboxylic acids is 2. The third kappa shape index (κ3) is 10.6. The summed E-state index contributed by atoms with van der Waals surface area (Å²) in [5.41, 5.74) is 3.71. The van der Waals surface area contributed by atoms with Crippen molar-refractivity contribution in [2.45, 2.75) is 57.9 Å². The minimum absolute atomic E-state index is 0.0683. The van der Waals surface area contributed by atoms with Gasteiger partial charge in [0, 0.05) is 29.4 Å². The van der Waals surface area contributed by atoms with Gasteiger partial charge in [-0.3, -0.25) is 33.6 Å². The van der Waals surface area contributed by atoms with Gasteiger partial charge in [0.1, 0.15) is 29.2 Å².